The summed E-state index contributed by atoms with van der Waals surface area (Å²) in [6.07, 6.45) is 0.735. The predicted molar refractivity (Wildman–Crippen MR) is 53.6 cm³/mol. The summed E-state index contributed by atoms with van der Waals surface area (Å²) >= 11 is 5.35. The van der Waals surface area contributed by atoms with Crippen LogP contribution in [0.1, 0.15) is 23.2 Å². The molecule has 0 saturated heterocycles. The molecule has 0 fully saturated rings. The Bertz CT molecular complexity index is 490. The van der Waals surface area contributed by atoms with Gasteiger partial charge in [0, 0.05) is 12.0 Å². The Balaban J connectivity index is 2.59. The number of halogens is 1. The first-order chi connectivity index (χ1) is 6.70. The molecule has 0 aliphatic rings. The summed E-state index contributed by atoms with van der Waals surface area (Å²) in [7, 11) is 0. The highest BCUT2D eigenvalue weighted by Gasteiger charge is 2.07. The lowest BCUT2D eigenvalue weighted by atomic mass is 10.2. The van der Waals surface area contributed by atoms with Crippen LogP contribution in [-0.2, 0) is 6.42 Å². The van der Waals surface area contributed by atoms with Gasteiger partial charge in [0.05, 0.1) is 0 Å². The van der Waals surface area contributed by atoms with E-state index in [0.717, 1.165) is 6.42 Å². The largest absolute Gasteiger partial charge is 0.441 e. The molecule has 0 bridgehead atoms. The first-order valence-electron chi connectivity index (χ1n) is 4.30. The number of oxazole rings is 1. The lowest BCUT2D eigenvalue weighted by molar-refractivity contribution is 0.108. The van der Waals surface area contributed by atoms with Crippen LogP contribution in [0, 0.1) is 0 Å². The standard InChI is InChI=1S/C10H8ClNO2/c1-2-9-12-7-5-6(10(11)13)3-4-8(7)14-9/h3-5H,2H2,1H3. The molecule has 3 nitrogen and oxygen atoms in total. The van der Waals surface area contributed by atoms with Crippen molar-refractivity contribution in [1.29, 1.82) is 0 Å². The van der Waals surface area contributed by atoms with E-state index in [1.165, 1.54) is 0 Å². The molecule has 0 aliphatic carbocycles. The Kier molecular flexibility index (Phi) is 2.25. The molecule has 14 heavy (non-hydrogen) atoms. The minimum atomic E-state index is -0.479. The lowest BCUT2D eigenvalue weighted by Crippen LogP contribution is -1.87. The van der Waals surface area contributed by atoms with Gasteiger partial charge < -0.3 is 4.42 Å². The van der Waals surface area contributed by atoms with E-state index in [1.807, 2.05) is 6.92 Å². The van der Waals surface area contributed by atoms with Crippen molar-refractivity contribution in [3.05, 3.63) is 29.7 Å². The quantitative estimate of drug-likeness (QED) is 0.715. The van der Waals surface area contributed by atoms with E-state index in [1.54, 1.807) is 18.2 Å². The molecule has 2 rings (SSSR count). The molecular formula is C10H8ClNO2. The van der Waals surface area contributed by atoms with Crippen LogP contribution in [0.25, 0.3) is 11.1 Å². The fourth-order valence-electron chi connectivity index (χ4n) is 1.25. The zero-order chi connectivity index (χ0) is 10.1. The van der Waals surface area contributed by atoms with Gasteiger partial charge in [-0.3, -0.25) is 4.79 Å². The summed E-state index contributed by atoms with van der Waals surface area (Å²) in [6, 6.07) is 4.96. The molecule has 0 aliphatic heterocycles. The van der Waals surface area contributed by atoms with Crippen LogP contribution in [0.5, 0.6) is 0 Å². The molecule has 72 valence electrons. The number of aromatic nitrogens is 1. The molecule has 0 atom stereocenters. The maximum Gasteiger partial charge on any atom is 0.252 e. The lowest BCUT2D eigenvalue weighted by Gasteiger charge is -1.90. The number of hydrogen-bond acceptors (Lipinski definition) is 3. The van der Waals surface area contributed by atoms with Gasteiger partial charge in [0.1, 0.15) is 5.52 Å². The third-order valence-corrected chi connectivity index (χ3v) is 2.18. The third kappa shape index (κ3) is 1.51. The molecule has 0 spiro atoms. The van der Waals surface area contributed by atoms with E-state index < -0.39 is 5.24 Å². The van der Waals surface area contributed by atoms with Gasteiger partial charge in [-0.2, -0.15) is 0 Å². The van der Waals surface area contributed by atoms with Crippen molar-refractivity contribution in [2.45, 2.75) is 13.3 Å². The Morgan fingerprint density at radius 2 is 2.36 bits per heavy atom. The topological polar surface area (TPSA) is 43.1 Å². The molecule has 2 aromatic rings. The fourth-order valence-corrected chi connectivity index (χ4v) is 1.37. The van der Waals surface area contributed by atoms with E-state index >= 15 is 0 Å². The maximum absolute atomic E-state index is 10.9. The van der Waals surface area contributed by atoms with Gasteiger partial charge in [0.2, 0.25) is 0 Å². The average molecular weight is 210 g/mol. The molecule has 4 heteroatoms. The summed E-state index contributed by atoms with van der Waals surface area (Å²) in [5.74, 6) is 0.666. The van der Waals surface area contributed by atoms with E-state index in [0.29, 0.717) is 22.6 Å². The fraction of sp³-hybridized carbons (Fsp3) is 0.200. The first-order valence-corrected chi connectivity index (χ1v) is 4.68. The second kappa shape index (κ2) is 3.42. The van der Waals surface area contributed by atoms with Crippen LogP contribution in [0.3, 0.4) is 0 Å². The van der Waals surface area contributed by atoms with Gasteiger partial charge in [-0.15, -0.1) is 0 Å². The van der Waals surface area contributed by atoms with E-state index in [-0.39, 0.29) is 0 Å². The number of carbonyl (C=O) groups excluding carboxylic acids is 1. The van der Waals surface area contributed by atoms with Crippen molar-refractivity contribution >= 4 is 27.9 Å². The highest BCUT2D eigenvalue weighted by molar-refractivity contribution is 6.67. The van der Waals surface area contributed by atoms with Gasteiger partial charge in [0.25, 0.3) is 5.24 Å². The SMILES string of the molecule is CCc1nc2cc(C(=O)Cl)ccc2o1. The Labute approximate surface area is 85.7 Å². The summed E-state index contributed by atoms with van der Waals surface area (Å²) in [4.78, 5) is 15.1. The van der Waals surface area contributed by atoms with Crippen molar-refractivity contribution in [1.82, 2.24) is 4.98 Å². The van der Waals surface area contributed by atoms with Crippen LogP contribution in [0.4, 0.5) is 0 Å². The van der Waals surface area contributed by atoms with Crippen molar-refractivity contribution in [2.75, 3.05) is 0 Å². The third-order valence-electron chi connectivity index (χ3n) is 1.96. The van der Waals surface area contributed by atoms with E-state index in [9.17, 15) is 4.79 Å². The molecule has 0 saturated carbocycles. The summed E-state index contributed by atoms with van der Waals surface area (Å²) in [6.45, 7) is 1.96. The summed E-state index contributed by atoms with van der Waals surface area (Å²) in [5, 5.41) is -0.479. The Hall–Kier alpha value is -1.35. The summed E-state index contributed by atoms with van der Waals surface area (Å²) < 4.78 is 5.39. The smallest absolute Gasteiger partial charge is 0.252 e. The van der Waals surface area contributed by atoms with E-state index in [2.05, 4.69) is 4.98 Å². The van der Waals surface area contributed by atoms with Crippen molar-refractivity contribution in [3.63, 3.8) is 0 Å². The number of rotatable bonds is 2. The van der Waals surface area contributed by atoms with Crippen LogP contribution < -0.4 is 0 Å². The number of benzene rings is 1. The second-order valence-corrected chi connectivity index (χ2v) is 3.26. The average Bonchev–Trinajstić information content (AvgIpc) is 2.58. The molecule has 0 unspecified atom stereocenters. The number of carbonyl (C=O) groups is 1. The normalized spacial score (nSPS) is 10.7. The molecule has 1 heterocycles. The minimum absolute atomic E-state index is 0.440. The first kappa shape index (κ1) is 9.21. The second-order valence-electron chi connectivity index (χ2n) is 2.92. The number of nitrogens with zero attached hydrogens (tertiary/aromatic N) is 1. The van der Waals surface area contributed by atoms with Crippen LogP contribution in [0.15, 0.2) is 22.6 Å². The molecule has 0 radical (unpaired) electrons. The number of aryl methyl sites for hydroxylation is 1. The minimum Gasteiger partial charge on any atom is -0.441 e. The number of hydrogen-bond donors (Lipinski definition) is 0. The molecule has 1 aromatic heterocycles. The zero-order valence-corrected chi connectivity index (χ0v) is 8.34. The highest BCUT2D eigenvalue weighted by atomic mass is 35.5. The highest BCUT2D eigenvalue weighted by Crippen LogP contribution is 2.18. The number of fused-ring (bicyclic) bond motifs is 1. The predicted octanol–water partition coefficient (Wildman–Crippen LogP) is 2.77. The van der Waals surface area contributed by atoms with Gasteiger partial charge in [0.15, 0.2) is 11.5 Å². The monoisotopic (exact) mass is 209 g/mol. The van der Waals surface area contributed by atoms with Gasteiger partial charge in [-0.05, 0) is 29.8 Å². The molecule has 0 amide bonds. The van der Waals surface area contributed by atoms with Crippen molar-refractivity contribution in [2.24, 2.45) is 0 Å². The molecule has 1 aromatic carbocycles. The molecular weight excluding hydrogens is 202 g/mol. The van der Waals surface area contributed by atoms with E-state index in [4.69, 9.17) is 16.0 Å². The van der Waals surface area contributed by atoms with Gasteiger partial charge in [-0.1, -0.05) is 6.92 Å². The van der Waals surface area contributed by atoms with Crippen LogP contribution in [-0.4, -0.2) is 10.2 Å². The van der Waals surface area contributed by atoms with Gasteiger partial charge in [-0.25, -0.2) is 4.98 Å². The maximum atomic E-state index is 10.9. The Morgan fingerprint density at radius 3 is 3.00 bits per heavy atom. The van der Waals surface area contributed by atoms with Crippen LogP contribution >= 0.6 is 11.6 Å². The van der Waals surface area contributed by atoms with Crippen molar-refractivity contribution < 1.29 is 9.21 Å². The summed E-state index contributed by atoms with van der Waals surface area (Å²) in [5.41, 5.74) is 1.80. The van der Waals surface area contributed by atoms with Crippen molar-refractivity contribution in [3.8, 4) is 0 Å². The Morgan fingerprint density at radius 1 is 1.57 bits per heavy atom. The zero-order valence-electron chi connectivity index (χ0n) is 7.58. The van der Waals surface area contributed by atoms with Gasteiger partial charge >= 0.3 is 0 Å². The van der Waals surface area contributed by atoms with Crippen LogP contribution in [0.2, 0.25) is 0 Å². The molecule has 0 N–H and O–H groups in total.